The summed E-state index contributed by atoms with van der Waals surface area (Å²) in [7, 11) is 1.60. The molecule has 0 bridgehead atoms. The molecule has 2 aromatic rings. The fraction of sp³-hybridized carbons (Fsp3) is 0.300. The number of hydrogen-bond donors (Lipinski definition) is 1. The van der Waals surface area contributed by atoms with Crippen LogP contribution in [0.25, 0.3) is 0 Å². The number of rotatable bonds is 5. The molecule has 1 atom stereocenters. The number of hydrogen-bond acceptors (Lipinski definition) is 3. The zero-order valence-corrected chi connectivity index (χ0v) is 15.5. The van der Waals surface area contributed by atoms with E-state index in [1.807, 2.05) is 43.3 Å². The van der Waals surface area contributed by atoms with Gasteiger partial charge in [0.25, 0.3) is 0 Å². The van der Waals surface area contributed by atoms with Gasteiger partial charge in [-0.15, -0.1) is 0 Å². The van der Waals surface area contributed by atoms with Crippen LogP contribution in [0.3, 0.4) is 0 Å². The van der Waals surface area contributed by atoms with Crippen molar-refractivity contribution in [2.45, 2.75) is 19.9 Å². The van der Waals surface area contributed by atoms with Crippen LogP contribution in [0, 0.1) is 12.8 Å². The van der Waals surface area contributed by atoms with Gasteiger partial charge in [-0.3, -0.25) is 9.59 Å². The van der Waals surface area contributed by atoms with E-state index in [0.29, 0.717) is 18.1 Å². The predicted molar refractivity (Wildman–Crippen MR) is 101 cm³/mol. The highest BCUT2D eigenvalue weighted by Gasteiger charge is 2.35. The van der Waals surface area contributed by atoms with Gasteiger partial charge in [0.1, 0.15) is 5.75 Å². The largest absolute Gasteiger partial charge is 0.496 e. The molecule has 0 aliphatic carbocycles. The summed E-state index contributed by atoms with van der Waals surface area (Å²) in [5.74, 6) is 0.154. The van der Waals surface area contributed by atoms with Gasteiger partial charge in [-0.2, -0.15) is 0 Å². The van der Waals surface area contributed by atoms with E-state index in [2.05, 4.69) is 5.32 Å². The minimum atomic E-state index is -0.379. The number of halogens is 1. The molecule has 1 aliphatic rings. The van der Waals surface area contributed by atoms with Gasteiger partial charge in [0.15, 0.2) is 0 Å². The lowest BCUT2D eigenvalue weighted by molar-refractivity contribution is -0.126. The Bertz CT molecular complexity index is 838. The van der Waals surface area contributed by atoms with E-state index in [1.165, 1.54) is 0 Å². The monoisotopic (exact) mass is 372 g/mol. The summed E-state index contributed by atoms with van der Waals surface area (Å²) >= 11 is 6.16. The maximum Gasteiger partial charge on any atom is 0.227 e. The lowest BCUT2D eigenvalue weighted by atomic mass is 10.1. The van der Waals surface area contributed by atoms with E-state index in [-0.39, 0.29) is 24.2 Å². The third-order valence-electron chi connectivity index (χ3n) is 4.67. The first-order chi connectivity index (χ1) is 12.5. The van der Waals surface area contributed by atoms with Crippen molar-refractivity contribution >= 4 is 29.1 Å². The van der Waals surface area contributed by atoms with Crippen LogP contribution in [-0.4, -0.2) is 25.5 Å². The van der Waals surface area contributed by atoms with Crippen molar-refractivity contribution in [2.75, 3.05) is 18.6 Å². The number of amides is 2. The standard InChI is InChI=1S/C20H21ClN2O3/c1-13-16(21)7-5-8-17(13)23-12-15(10-19(23)24)20(25)22-11-14-6-3-4-9-18(14)26-2/h3-9,15H,10-12H2,1-2H3,(H,22,25)/t15-/m0/s1. The topological polar surface area (TPSA) is 58.6 Å². The molecule has 1 heterocycles. The Morgan fingerprint density at radius 3 is 2.81 bits per heavy atom. The zero-order valence-electron chi connectivity index (χ0n) is 14.8. The summed E-state index contributed by atoms with van der Waals surface area (Å²) < 4.78 is 5.29. The Morgan fingerprint density at radius 2 is 2.04 bits per heavy atom. The quantitative estimate of drug-likeness (QED) is 0.875. The van der Waals surface area contributed by atoms with Crippen molar-refractivity contribution in [1.29, 1.82) is 0 Å². The number of nitrogens with zero attached hydrogens (tertiary/aromatic N) is 1. The molecule has 0 saturated carbocycles. The highest BCUT2D eigenvalue weighted by Crippen LogP contribution is 2.31. The number of para-hydroxylation sites is 1. The van der Waals surface area contributed by atoms with Crippen molar-refractivity contribution in [3.05, 3.63) is 58.6 Å². The van der Waals surface area contributed by atoms with Gasteiger partial charge in [0.2, 0.25) is 11.8 Å². The third-order valence-corrected chi connectivity index (χ3v) is 5.08. The smallest absolute Gasteiger partial charge is 0.227 e. The van der Waals surface area contributed by atoms with E-state index in [0.717, 1.165) is 22.6 Å². The second-order valence-electron chi connectivity index (χ2n) is 6.32. The highest BCUT2D eigenvalue weighted by atomic mass is 35.5. The molecule has 1 aliphatic heterocycles. The van der Waals surface area contributed by atoms with E-state index in [1.54, 1.807) is 18.1 Å². The van der Waals surface area contributed by atoms with Crippen molar-refractivity contribution in [3.63, 3.8) is 0 Å². The van der Waals surface area contributed by atoms with Gasteiger partial charge in [-0.05, 0) is 30.7 Å². The average molecular weight is 373 g/mol. The maximum absolute atomic E-state index is 12.5. The number of carbonyl (C=O) groups excluding carboxylic acids is 2. The minimum absolute atomic E-state index is 0.0622. The van der Waals surface area contributed by atoms with Crippen LogP contribution in [-0.2, 0) is 16.1 Å². The molecule has 0 aromatic heterocycles. The molecule has 5 nitrogen and oxygen atoms in total. The number of carbonyl (C=O) groups is 2. The first-order valence-corrected chi connectivity index (χ1v) is 8.84. The van der Waals surface area contributed by atoms with Crippen LogP contribution in [0.5, 0.6) is 5.75 Å². The summed E-state index contributed by atoms with van der Waals surface area (Å²) in [5.41, 5.74) is 2.51. The lowest BCUT2D eigenvalue weighted by Crippen LogP contribution is -2.32. The summed E-state index contributed by atoms with van der Waals surface area (Å²) in [6, 6.07) is 13.0. The first-order valence-electron chi connectivity index (χ1n) is 8.46. The summed E-state index contributed by atoms with van der Waals surface area (Å²) in [6.07, 6.45) is 0.198. The highest BCUT2D eigenvalue weighted by molar-refractivity contribution is 6.31. The number of nitrogens with one attached hydrogen (secondary N) is 1. The van der Waals surface area contributed by atoms with Crippen molar-refractivity contribution in [2.24, 2.45) is 5.92 Å². The van der Waals surface area contributed by atoms with E-state index in [9.17, 15) is 9.59 Å². The van der Waals surface area contributed by atoms with Crippen LogP contribution in [0.15, 0.2) is 42.5 Å². The summed E-state index contributed by atoms with van der Waals surface area (Å²) in [5, 5.41) is 3.52. The molecule has 0 radical (unpaired) electrons. The van der Waals surface area contributed by atoms with Crippen LogP contribution in [0.4, 0.5) is 5.69 Å². The molecule has 1 saturated heterocycles. The predicted octanol–water partition coefficient (Wildman–Crippen LogP) is 3.33. The molecular weight excluding hydrogens is 352 g/mol. The van der Waals surface area contributed by atoms with Crippen molar-refractivity contribution in [1.82, 2.24) is 5.32 Å². The molecular formula is C20H21ClN2O3. The van der Waals surface area contributed by atoms with Gasteiger partial charge >= 0.3 is 0 Å². The maximum atomic E-state index is 12.5. The molecule has 3 rings (SSSR count). The van der Waals surface area contributed by atoms with Gasteiger partial charge in [-0.1, -0.05) is 35.9 Å². The van der Waals surface area contributed by atoms with Crippen molar-refractivity contribution < 1.29 is 14.3 Å². The molecule has 1 fully saturated rings. The SMILES string of the molecule is COc1ccccc1CNC(=O)[C@H]1CC(=O)N(c2cccc(Cl)c2C)C1. The van der Waals surface area contributed by atoms with Crippen LogP contribution >= 0.6 is 11.6 Å². The van der Waals surface area contributed by atoms with Gasteiger partial charge in [0.05, 0.1) is 13.0 Å². The lowest BCUT2D eigenvalue weighted by Gasteiger charge is -2.19. The first kappa shape index (κ1) is 18.3. The number of benzene rings is 2. The molecule has 136 valence electrons. The minimum Gasteiger partial charge on any atom is -0.496 e. The molecule has 2 amide bonds. The van der Waals surface area contributed by atoms with Crippen LogP contribution in [0.2, 0.25) is 5.02 Å². The second-order valence-corrected chi connectivity index (χ2v) is 6.73. The van der Waals surface area contributed by atoms with Crippen LogP contribution < -0.4 is 15.0 Å². The van der Waals surface area contributed by atoms with E-state index < -0.39 is 0 Å². The molecule has 0 spiro atoms. The Balaban J connectivity index is 1.66. The zero-order chi connectivity index (χ0) is 18.7. The molecule has 1 N–H and O–H groups in total. The Morgan fingerprint density at radius 1 is 1.27 bits per heavy atom. The Hall–Kier alpha value is -2.53. The Labute approximate surface area is 157 Å². The van der Waals surface area contributed by atoms with Gasteiger partial charge < -0.3 is 15.0 Å². The molecule has 26 heavy (non-hydrogen) atoms. The third kappa shape index (κ3) is 3.68. The van der Waals surface area contributed by atoms with Gasteiger partial charge in [-0.25, -0.2) is 0 Å². The average Bonchev–Trinajstić information content (AvgIpc) is 3.04. The molecule has 2 aromatic carbocycles. The normalized spacial score (nSPS) is 16.7. The van der Waals surface area contributed by atoms with Gasteiger partial charge in [0, 0.05) is 35.8 Å². The molecule has 6 heteroatoms. The van der Waals surface area contributed by atoms with Crippen molar-refractivity contribution in [3.8, 4) is 5.75 Å². The second kappa shape index (κ2) is 7.79. The van der Waals surface area contributed by atoms with E-state index in [4.69, 9.17) is 16.3 Å². The summed E-state index contributed by atoms with van der Waals surface area (Å²) in [4.78, 5) is 26.6. The summed E-state index contributed by atoms with van der Waals surface area (Å²) in [6.45, 7) is 2.60. The molecule has 0 unspecified atom stereocenters. The van der Waals surface area contributed by atoms with E-state index >= 15 is 0 Å². The number of anilines is 1. The van der Waals surface area contributed by atoms with Crippen LogP contribution in [0.1, 0.15) is 17.5 Å². The number of methoxy groups -OCH3 is 1. The Kier molecular flexibility index (Phi) is 5.47. The number of ether oxygens (including phenoxy) is 1. The fourth-order valence-electron chi connectivity index (χ4n) is 3.18. The fourth-order valence-corrected chi connectivity index (χ4v) is 3.35.